The summed E-state index contributed by atoms with van der Waals surface area (Å²) in [6.07, 6.45) is 0. The molecule has 4 N–H and O–H groups in total. The van der Waals surface area contributed by atoms with Crippen molar-refractivity contribution < 1.29 is 9.59 Å². The van der Waals surface area contributed by atoms with Gasteiger partial charge in [0.15, 0.2) is 5.71 Å². The normalized spacial score (nSPS) is 22.1. The van der Waals surface area contributed by atoms with Gasteiger partial charge in [-0.25, -0.2) is 5.43 Å². The minimum atomic E-state index is -0.352. The van der Waals surface area contributed by atoms with E-state index in [0.29, 0.717) is 11.3 Å². The van der Waals surface area contributed by atoms with Gasteiger partial charge in [0.1, 0.15) is 6.67 Å². The molecule has 0 saturated carbocycles. The molecule has 0 saturated heterocycles. The van der Waals surface area contributed by atoms with E-state index in [-0.39, 0.29) is 28.8 Å². The molecule has 2 heterocycles. The number of hydrogen-bond acceptors (Lipinski definition) is 7. The number of thioether (sulfide) groups is 1. The van der Waals surface area contributed by atoms with Crippen molar-refractivity contribution in [3.8, 4) is 0 Å². The van der Waals surface area contributed by atoms with Gasteiger partial charge in [0.05, 0.1) is 16.6 Å². The highest BCUT2D eigenvalue weighted by molar-refractivity contribution is 8.14. The van der Waals surface area contributed by atoms with E-state index in [0.717, 1.165) is 23.0 Å². The van der Waals surface area contributed by atoms with Gasteiger partial charge in [-0.05, 0) is 29.8 Å². The third-order valence-corrected chi connectivity index (χ3v) is 4.14. The minimum absolute atomic E-state index is 0.00343. The lowest BCUT2D eigenvalue weighted by Crippen LogP contribution is -2.29. The molecule has 23 heavy (non-hydrogen) atoms. The Balaban J connectivity index is 1.99. The summed E-state index contributed by atoms with van der Waals surface area (Å²) >= 11 is 1.15. The van der Waals surface area contributed by atoms with Gasteiger partial charge >= 0.3 is 0 Å². The van der Waals surface area contributed by atoms with E-state index in [1.54, 1.807) is 12.1 Å². The van der Waals surface area contributed by atoms with Crippen molar-refractivity contribution in [2.45, 2.75) is 12.2 Å². The fraction of sp³-hybridized carbons (Fsp3) is 0.231. The molecule has 2 amide bonds. The molecule has 118 valence electrons. The summed E-state index contributed by atoms with van der Waals surface area (Å²) in [4.78, 5) is 23.3. The number of anilines is 1. The number of hydrogen-bond donors (Lipinski definition) is 3. The highest BCUT2D eigenvalue weighted by atomic mass is 32.2. The number of carbonyl (C=O) groups is 2. The number of nitrogens with one attached hydrogen (secondary N) is 2. The maximum absolute atomic E-state index is 12.0. The van der Waals surface area contributed by atoms with Gasteiger partial charge in [-0.15, -0.1) is 5.10 Å². The molecule has 0 fully saturated rings. The van der Waals surface area contributed by atoms with Gasteiger partial charge in [-0.3, -0.25) is 9.59 Å². The average molecular weight is 331 g/mol. The van der Waals surface area contributed by atoms with Gasteiger partial charge in [-0.1, -0.05) is 17.8 Å². The third-order valence-electron chi connectivity index (χ3n) is 3.26. The second-order valence-electron chi connectivity index (χ2n) is 4.73. The van der Waals surface area contributed by atoms with E-state index in [1.807, 2.05) is 13.0 Å². The Morgan fingerprint density at radius 3 is 2.96 bits per heavy atom. The Hall–Kier alpha value is -2.59. The lowest BCUT2D eigenvalue weighted by atomic mass is 10.0. The van der Waals surface area contributed by atoms with Crippen LogP contribution in [-0.2, 0) is 4.79 Å². The number of carbonyl (C=O) groups excluding carboxylic acids is 2. The Bertz CT molecular complexity index is 772. The third kappa shape index (κ3) is 2.98. The molecule has 0 aliphatic carbocycles. The molecule has 2 aliphatic rings. The molecule has 1 atom stereocenters. The van der Waals surface area contributed by atoms with Crippen molar-refractivity contribution in [1.82, 2.24) is 5.43 Å². The summed E-state index contributed by atoms with van der Waals surface area (Å²) in [6.45, 7) is 1.89. The van der Waals surface area contributed by atoms with Gasteiger partial charge in [0, 0.05) is 5.56 Å². The zero-order valence-electron chi connectivity index (χ0n) is 12.1. The topological polar surface area (TPSA) is 134 Å². The minimum Gasteiger partial charge on any atom is -0.320 e. The first-order valence-corrected chi connectivity index (χ1v) is 7.63. The molecule has 0 aromatic heterocycles. The summed E-state index contributed by atoms with van der Waals surface area (Å²) in [7, 11) is 0. The summed E-state index contributed by atoms with van der Waals surface area (Å²) in [5, 5.41) is 17.4. The predicted molar refractivity (Wildman–Crippen MR) is 87.6 cm³/mol. The second kappa shape index (κ2) is 6.26. The first kappa shape index (κ1) is 15.3. The SMILES string of the molecule is CC1SC(=O)NN=C1c1ccc2c(c1)C(=NN=NCN)C(=O)N2. The van der Waals surface area contributed by atoms with Gasteiger partial charge in [0.25, 0.3) is 11.1 Å². The monoisotopic (exact) mass is 331 g/mol. The molecule has 0 bridgehead atoms. The maximum Gasteiger partial charge on any atom is 0.299 e. The lowest BCUT2D eigenvalue weighted by Gasteiger charge is -2.18. The highest BCUT2D eigenvalue weighted by Crippen LogP contribution is 2.28. The van der Waals surface area contributed by atoms with Crippen molar-refractivity contribution in [2.24, 2.45) is 26.3 Å². The van der Waals surface area contributed by atoms with E-state index in [2.05, 4.69) is 31.3 Å². The van der Waals surface area contributed by atoms with Crippen molar-refractivity contribution in [3.05, 3.63) is 29.3 Å². The molecule has 3 rings (SSSR count). The maximum atomic E-state index is 12.0. The number of nitrogens with two attached hydrogens (primary N) is 1. The zero-order chi connectivity index (χ0) is 16.4. The van der Waals surface area contributed by atoms with Crippen LogP contribution >= 0.6 is 11.8 Å². The number of nitrogens with zero attached hydrogens (tertiary/aromatic N) is 4. The number of amides is 2. The first-order valence-electron chi connectivity index (χ1n) is 6.75. The van der Waals surface area contributed by atoms with Crippen molar-refractivity contribution in [3.63, 3.8) is 0 Å². The average Bonchev–Trinajstić information content (AvgIpc) is 2.83. The van der Waals surface area contributed by atoms with Crippen LogP contribution in [0, 0.1) is 0 Å². The van der Waals surface area contributed by atoms with Crippen molar-refractivity contribution >= 4 is 40.0 Å². The van der Waals surface area contributed by atoms with E-state index in [9.17, 15) is 9.59 Å². The quantitative estimate of drug-likeness (QED) is 0.568. The number of hydrazone groups is 1. The Labute approximate surface area is 135 Å². The molecule has 1 aromatic rings. The Kier molecular flexibility index (Phi) is 4.17. The van der Waals surface area contributed by atoms with E-state index in [4.69, 9.17) is 5.73 Å². The van der Waals surface area contributed by atoms with Crippen molar-refractivity contribution in [2.75, 3.05) is 12.0 Å². The van der Waals surface area contributed by atoms with Crippen LogP contribution in [0.5, 0.6) is 0 Å². The molecule has 10 heteroatoms. The smallest absolute Gasteiger partial charge is 0.299 e. The highest BCUT2D eigenvalue weighted by Gasteiger charge is 2.29. The van der Waals surface area contributed by atoms with Crippen LogP contribution in [0.15, 0.2) is 38.7 Å². The van der Waals surface area contributed by atoms with Crippen LogP contribution in [0.2, 0.25) is 0 Å². The zero-order valence-corrected chi connectivity index (χ0v) is 12.9. The summed E-state index contributed by atoms with van der Waals surface area (Å²) < 4.78 is 0. The van der Waals surface area contributed by atoms with Crippen LogP contribution in [-0.4, -0.2) is 34.5 Å². The molecule has 1 unspecified atom stereocenters. The molecular formula is C13H13N7O2S. The van der Waals surface area contributed by atoms with Crippen LogP contribution in [0.3, 0.4) is 0 Å². The largest absolute Gasteiger partial charge is 0.320 e. The summed E-state index contributed by atoms with van der Waals surface area (Å²) in [5.74, 6) is -0.352. The van der Waals surface area contributed by atoms with Gasteiger partial charge in [-0.2, -0.15) is 10.2 Å². The molecule has 2 aliphatic heterocycles. The molecule has 0 spiro atoms. The molecule has 9 nitrogen and oxygen atoms in total. The van der Waals surface area contributed by atoms with E-state index in [1.165, 1.54) is 0 Å². The Morgan fingerprint density at radius 1 is 1.39 bits per heavy atom. The lowest BCUT2D eigenvalue weighted by molar-refractivity contribution is -0.110. The number of rotatable bonds is 3. The van der Waals surface area contributed by atoms with E-state index < -0.39 is 0 Å². The molecule has 1 aromatic carbocycles. The first-order chi connectivity index (χ1) is 11.1. The van der Waals surface area contributed by atoms with E-state index >= 15 is 0 Å². The van der Waals surface area contributed by atoms with Gasteiger partial charge in [0.2, 0.25) is 0 Å². The predicted octanol–water partition coefficient (Wildman–Crippen LogP) is 1.26. The Morgan fingerprint density at radius 2 is 2.22 bits per heavy atom. The number of fused-ring (bicyclic) bond motifs is 1. The van der Waals surface area contributed by atoms with Crippen molar-refractivity contribution in [1.29, 1.82) is 0 Å². The van der Waals surface area contributed by atoms with Crippen LogP contribution in [0.4, 0.5) is 10.5 Å². The standard InChI is InChI=1S/C13H13N7O2S/c1-6-10(17-19-13(22)23-6)7-2-3-9-8(4-7)11(12(21)16-9)18-20-15-5-14/h2-4,6H,5,14H2,1H3,(H,19,22)(H,15,16,18,21). The fourth-order valence-corrected chi connectivity index (χ4v) is 2.98. The van der Waals surface area contributed by atoms with Gasteiger partial charge < -0.3 is 11.1 Å². The van der Waals surface area contributed by atoms with Crippen LogP contribution in [0.1, 0.15) is 18.1 Å². The second-order valence-corrected chi connectivity index (χ2v) is 6.05. The molecule has 0 radical (unpaired) electrons. The summed E-state index contributed by atoms with van der Waals surface area (Å²) in [5.41, 5.74) is 10.6. The summed E-state index contributed by atoms with van der Waals surface area (Å²) in [6, 6.07) is 5.38. The fourth-order valence-electron chi connectivity index (χ4n) is 2.26. The molecular weight excluding hydrogens is 318 g/mol. The van der Waals surface area contributed by atoms with Crippen LogP contribution in [0.25, 0.3) is 0 Å². The number of benzene rings is 1. The van der Waals surface area contributed by atoms with Crippen LogP contribution < -0.4 is 16.5 Å².